The second kappa shape index (κ2) is 9.88. The van der Waals surface area contributed by atoms with E-state index in [2.05, 4.69) is 14.9 Å². The molecule has 1 aliphatic rings. The Morgan fingerprint density at radius 2 is 1.86 bits per heavy atom. The summed E-state index contributed by atoms with van der Waals surface area (Å²) in [5.41, 5.74) is 2.68. The van der Waals surface area contributed by atoms with Crippen molar-refractivity contribution < 1.29 is 27.4 Å². The van der Waals surface area contributed by atoms with Gasteiger partial charge < -0.3 is 20.1 Å². The molecule has 0 amide bonds. The largest absolute Gasteiger partial charge is 0.460 e. The number of fused-ring (bicyclic) bond motifs is 1. The summed E-state index contributed by atoms with van der Waals surface area (Å²) in [6, 6.07) is 18.2. The molecule has 0 saturated heterocycles. The molecule has 35 heavy (non-hydrogen) atoms. The van der Waals surface area contributed by atoms with E-state index < -0.39 is 18.7 Å². The molecule has 180 valence electrons. The minimum atomic E-state index is -2.91. The molecule has 0 unspecified atom stereocenters. The van der Waals surface area contributed by atoms with E-state index in [1.165, 1.54) is 40.7 Å². The van der Waals surface area contributed by atoms with E-state index in [0.717, 1.165) is 5.56 Å². The molecule has 0 radical (unpaired) electrons. The number of hydrogen-bond donors (Lipinski definition) is 1. The zero-order valence-electron chi connectivity index (χ0n) is 18.1. The summed E-state index contributed by atoms with van der Waals surface area (Å²) in [5.74, 6) is 7.03. The molecule has 11 heteroatoms. The molecule has 0 spiro atoms. The van der Waals surface area contributed by atoms with Crippen LogP contribution in [0.4, 0.5) is 13.2 Å². The van der Waals surface area contributed by atoms with Gasteiger partial charge in [0, 0.05) is 28.0 Å². The first kappa shape index (κ1) is 23.1. The number of thioether (sulfide) groups is 1. The number of nitrogen functional groups attached to an aromatic ring is 1. The van der Waals surface area contributed by atoms with E-state index in [-0.39, 0.29) is 12.4 Å². The minimum absolute atomic E-state index is 0.0232. The van der Waals surface area contributed by atoms with Crippen molar-refractivity contribution in [1.29, 1.82) is 0 Å². The summed E-state index contributed by atoms with van der Waals surface area (Å²) in [4.78, 5) is 0. The van der Waals surface area contributed by atoms with Gasteiger partial charge in [-0.15, -0.1) is 10.2 Å². The summed E-state index contributed by atoms with van der Waals surface area (Å²) in [6.45, 7) is -2.69. The Kier molecular flexibility index (Phi) is 6.51. The zero-order chi connectivity index (χ0) is 24.4. The molecule has 1 aliphatic heterocycles. The Morgan fingerprint density at radius 1 is 1.09 bits per heavy atom. The third-order valence-corrected chi connectivity index (χ3v) is 6.25. The molecule has 2 heterocycles. The first-order chi connectivity index (χ1) is 17.0. The lowest BCUT2D eigenvalue weighted by atomic mass is 10.1. The van der Waals surface area contributed by atoms with E-state index >= 15 is 0 Å². The van der Waals surface area contributed by atoms with Gasteiger partial charge in [-0.05, 0) is 36.4 Å². The predicted molar refractivity (Wildman–Crippen MR) is 123 cm³/mol. The lowest BCUT2D eigenvalue weighted by Crippen LogP contribution is -2.19. The number of benzene rings is 3. The fraction of sp³-hybridized carbons (Fsp3) is 0.167. The van der Waals surface area contributed by atoms with Crippen molar-refractivity contribution in [3.8, 4) is 22.9 Å². The van der Waals surface area contributed by atoms with Gasteiger partial charge >= 0.3 is 6.61 Å². The molecular weight excluding hydrogens is 481 g/mol. The number of rotatable bonds is 7. The Bertz CT molecular complexity index is 1320. The van der Waals surface area contributed by atoms with Crippen molar-refractivity contribution in [2.75, 3.05) is 5.84 Å². The van der Waals surface area contributed by atoms with E-state index in [9.17, 15) is 13.2 Å². The molecular formula is C24H19F3N4O3S. The quantitative estimate of drug-likeness (QED) is 0.272. The summed E-state index contributed by atoms with van der Waals surface area (Å²) < 4.78 is 56.5. The molecule has 3 aromatic carbocycles. The van der Waals surface area contributed by atoms with Crippen LogP contribution in [0, 0.1) is 5.82 Å². The van der Waals surface area contributed by atoms with Gasteiger partial charge in [0.05, 0.1) is 6.61 Å². The molecule has 0 saturated carbocycles. The first-order valence-electron chi connectivity index (χ1n) is 10.5. The second-order valence-electron chi connectivity index (χ2n) is 7.59. The number of alkyl halides is 2. The van der Waals surface area contributed by atoms with Gasteiger partial charge in [-0.1, -0.05) is 42.1 Å². The summed E-state index contributed by atoms with van der Waals surface area (Å²) in [7, 11) is 0. The van der Waals surface area contributed by atoms with Gasteiger partial charge in [0.1, 0.15) is 17.3 Å². The predicted octanol–water partition coefficient (Wildman–Crippen LogP) is 5.30. The molecule has 1 atom stereocenters. The Morgan fingerprint density at radius 3 is 2.60 bits per heavy atom. The molecule has 2 N–H and O–H groups in total. The Labute approximate surface area is 202 Å². The average Bonchev–Trinajstić information content (AvgIpc) is 3.23. The van der Waals surface area contributed by atoms with Gasteiger partial charge in [-0.3, -0.25) is 0 Å². The normalized spacial score (nSPS) is 15.0. The summed E-state index contributed by atoms with van der Waals surface area (Å²) >= 11 is 1.26. The van der Waals surface area contributed by atoms with Gasteiger partial charge in [-0.25, -0.2) is 9.07 Å². The van der Waals surface area contributed by atoms with Crippen molar-refractivity contribution in [3.05, 3.63) is 89.2 Å². The molecule has 0 bridgehead atoms. The van der Waals surface area contributed by atoms with Crippen LogP contribution >= 0.6 is 11.8 Å². The Hall–Kier alpha value is -3.70. The summed E-state index contributed by atoms with van der Waals surface area (Å²) in [5, 5.41) is 8.60. The average molecular weight is 501 g/mol. The number of halogens is 3. The van der Waals surface area contributed by atoms with Crippen LogP contribution in [0.3, 0.4) is 0 Å². The van der Waals surface area contributed by atoms with Crippen molar-refractivity contribution in [2.45, 2.75) is 30.4 Å². The maximum atomic E-state index is 14.3. The number of ether oxygens (including phenoxy) is 3. The lowest BCUT2D eigenvalue weighted by Gasteiger charge is -2.28. The number of nitrogens with zero attached hydrogens (tertiary/aromatic N) is 3. The topological polar surface area (TPSA) is 84.4 Å². The van der Waals surface area contributed by atoms with Crippen LogP contribution in [-0.2, 0) is 17.1 Å². The summed E-state index contributed by atoms with van der Waals surface area (Å²) in [6.07, 6.45) is -0.598. The van der Waals surface area contributed by atoms with Gasteiger partial charge in [-0.2, -0.15) is 8.78 Å². The molecule has 5 rings (SSSR count). The molecule has 7 nitrogen and oxygen atoms in total. The van der Waals surface area contributed by atoms with Gasteiger partial charge in [0.15, 0.2) is 5.82 Å². The highest BCUT2D eigenvalue weighted by atomic mass is 32.2. The van der Waals surface area contributed by atoms with E-state index in [1.54, 1.807) is 12.1 Å². The SMILES string of the molecule is Nn1c(SCc2cc(F)cc3c2O[C@@H](c2ccccc2)OC3)nnc1-c1ccc(OC(F)F)cc1. The molecule has 1 aromatic heterocycles. The molecule has 4 aromatic rings. The van der Waals surface area contributed by atoms with Crippen molar-refractivity contribution in [3.63, 3.8) is 0 Å². The van der Waals surface area contributed by atoms with Crippen LogP contribution in [0.2, 0.25) is 0 Å². The lowest BCUT2D eigenvalue weighted by molar-refractivity contribution is -0.112. The van der Waals surface area contributed by atoms with Gasteiger partial charge in [0.2, 0.25) is 11.4 Å². The molecule has 0 aliphatic carbocycles. The smallest absolute Gasteiger partial charge is 0.387 e. The Balaban J connectivity index is 1.33. The first-order valence-corrected chi connectivity index (χ1v) is 11.5. The highest BCUT2D eigenvalue weighted by Gasteiger charge is 2.25. The van der Waals surface area contributed by atoms with Gasteiger partial charge in [0.25, 0.3) is 0 Å². The van der Waals surface area contributed by atoms with Crippen LogP contribution < -0.4 is 15.3 Å². The third kappa shape index (κ3) is 5.05. The van der Waals surface area contributed by atoms with Crippen molar-refractivity contribution in [1.82, 2.24) is 14.9 Å². The van der Waals surface area contributed by atoms with Crippen LogP contribution in [0.15, 0.2) is 71.9 Å². The fourth-order valence-electron chi connectivity index (χ4n) is 3.66. The molecule has 0 fully saturated rings. The highest BCUT2D eigenvalue weighted by Crippen LogP contribution is 2.39. The third-order valence-electron chi connectivity index (χ3n) is 5.25. The monoisotopic (exact) mass is 500 g/mol. The number of nitrogens with two attached hydrogens (primary N) is 1. The van der Waals surface area contributed by atoms with E-state index in [0.29, 0.717) is 39.2 Å². The number of aromatic nitrogens is 3. The second-order valence-corrected chi connectivity index (χ2v) is 8.53. The number of hydrogen-bond acceptors (Lipinski definition) is 7. The van der Waals surface area contributed by atoms with Crippen LogP contribution in [0.1, 0.15) is 23.0 Å². The van der Waals surface area contributed by atoms with Crippen LogP contribution in [0.5, 0.6) is 11.5 Å². The van der Waals surface area contributed by atoms with Crippen LogP contribution in [0.25, 0.3) is 11.4 Å². The standard InChI is InChI=1S/C24H19F3N4O3S/c25-18-10-16-12-32-22(15-4-2-1-3-5-15)34-20(16)17(11-18)13-35-24-30-29-21(31(24)28)14-6-8-19(9-7-14)33-23(26)27/h1-11,22-23H,12-13,28H2/t22-/m0/s1. The maximum absolute atomic E-state index is 14.3. The fourth-order valence-corrected chi connectivity index (χ4v) is 4.48. The van der Waals surface area contributed by atoms with E-state index in [1.807, 2.05) is 30.3 Å². The minimum Gasteiger partial charge on any atom is -0.460 e. The highest BCUT2D eigenvalue weighted by molar-refractivity contribution is 7.98. The van der Waals surface area contributed by atoms with Crippen molar-refractivity contribution in [2.24, 2.45) is 0 Å². The van der Waals surface area contributed by atoms with Crippen LogP contribution in [-0.4, -0.2) is 21.5 Å². The zero-order valence-corrected chi connectivity index (χ0v) is 18.9. The van der Waals surface area contributed by atoms with Crippen molar-refractivity contribution >= 4 is 11.8 Å². The maximum Gasteiger partial charge on any atom is 0.387 e. The van der Waals surface area contributed by atoms with E-state index in [4.69, 9.17) is 15.3 Å².